The maximum atomic E-state index is 12.3. The lowest BCUT2D eigenvalue weighted by Gasteiger charge is -2.19. The molecular formula is C50H64N8O10S. The fourth-order valence-electron chi connectivity index (χ4n) is 6.66. The molecule has 2 amide bonds. The molecule has 0 radical (unpaired) electrons. The third-order valence-electron chi connectivity index (χ3n) is 10.3. The number of benzene rings is 3. The Labute approximate surface area is 407 Å². The molecule has 6 N–H and O–H groups in total. The molecule has 0 spiro atoms. The van der Waals surface area contributed by atoms with Gasteiger partial charge < -0.3 is 55.5 Å². The zero-order valence-corrected chi connectivity index (χ0v) is 41.1. The van der Waals surface area contributed by atoms with Gasteiger partial charge in [-0.05, 0) is 85.6 Å². The number of likely N-dealkylation sites (N-methyl/N-ethyl adjacent to an activating group) is 1. The van der Waals surface area contributed by atoms with Crippen molar-refractivity contribution in [1.82, 2.24) is 9.88 Å². The van der Waals surface area contributed by atoms with E-state index in [4.69, 9.17) is 15.2 Å². The molecule has 1 aliphatic heterocycles. The van der Waals surface area contributed by atoms with E-state index >= 15 is 0 Å². The summed E-state index contributed by atoms with van der Waals surface area (Å²) >= 11 is 1.78. The van der Waals surface area contributed by atoms with E-state index in [2.05, 4.69) is 72.3 Å². The van der Waals surface area contributed by atoms with Crippen molar-refractivity contribution >= 4 is 97.8 Å². The summed E-state index contributed by atoms with van der Waals surface area (Å²) in [6.45, 7) is 2.76. The van der Waals surface area contributed by atoms with Crippen LogP contribution in [0.25, 0.3) is 10.1 Å². The Kier molecular flexibility index (Phi) is 24.4. The number of aryl methyl sites for hydroxylation is 1. The van der Waals surface area contributed by atoms with E-state index in [1.54, 1.807) is 47.3 Å². The van der Waals surface area contributed by atoms with Gasteiger partial charge in [-0.15, -0.1) is 11.3 Å². The maximum Gasteiger partial charge on any atom is 0.305 e. The number of anilines is 4. The number of aldehydes is 3. The first-order chi connectivity index (χ1) is 33.3. The number of thiophene rings is 1. The van der Waals surface area contributed by atoms with Gasteiger partial charge in [-0.3, -0.25) is 33.8 Å². The minimum Gasteiger partial charge on any atom is -0.493 e. The highest BCUT2D eigenvalue weighted by molar-refractivity contribution is 7.22. The molecular weight excluding hydrogens is 905 g/mol. The number of hydrogen-bond donors (Lipinski definition) is 5. The van der Waals surface area contributed by atoms with Gasteiger partial charge in [-0.2, -0.15) is 0 Å². The second-order valence-electron chi connectivity index (χ2n) is 15.2. The number of ether oxygens (including phenoxy) is 3. The van der Waals surface area contributed by atoms with Crippen molar-refractivity contribution in [2.24, 2.45) is 17.8 Å². The second kappa shape index (κ2) is 30.1. The number of unbranched alkanes of at least 4 members (excludes halogenated alkanes) is 1. The summed E-state index contributed by atoms with van der Waals surface area (Å²) in [6, 6.07) is 21.8. The highest BCUT2D eigenvalue weighted by Crippen LogP contribution is 2.36. The molecule has 5 aromatic rings. The Morgan fingerprint density at radius 3 is 2.25 bits per heavy atom. The lowest BCUT2D eigenvalue weighted by atomic mass is 10.1. The van der Waals surface area contributed by atoms with Gasteiger partial charge in [-0.1, -0.05) is 25.1 Å². The maximum absolute atomic E-state index is 12.3. The molecule has 69 heavy (non-hydrogen) atoms. The minimum atomic E-state index is -0.759. The van der Waals surface area contributed by atoms with Gasteiger partial charge in [0.1, 0.15) is 6.29 Å². The van der Waals surface area contributed by atoms with E-state index in [0.29, 0.717) is 59.7 Å². The van der Waals surface area contributed by atoms with Crippen LogP contribution < -0.4 is 41.4 Å². The average Bonchev–Trinajstić information content (AvgIpc) is 4.05. The van der Waals surface area contributed by atoms with Gasteiger partial charge in [-0.25, -0.2) is 0 Å². The van der Waals surface area contributed by atoms with Crippen LogP contribution in [-0.4, -0.2) is 114 Å². The SMILES string of the molecule is CCN.CNc1ccc2sc(NC)cc2c1.COC(=O)CCCCC(=O)C(=O)NCC=O.COc1cc(C=O)c(N=CC2Cc3ccccc3N2C)cc1OCCCC(=O)Nc1cc(C=O)n(C)c1. The van der Waals surface area contributed by atoms with Gasteiger partial charge >= 0.3 is 5.97 Å². The molecule has 2 aromatic heterocycles. The first-order valence-electron chi connectivity index (χ1n) is 22.3. The molecule has 1 atom stereocenters. The van der Waals surface area contributed by atoms with Crippen molar-refractivity contribution < 1.29 is 47.8 Å². The molecule has 0 fully saturated rings. The molecule has 0 saturated heterocycles. The summed E-state index contributed by atoms with van der Waals surface area (Å²) in [6.07, 6.45) is 8.30. The van der Waals surface area contributed by atoms with Crippen LogP contribution in [0.2, 0.25) is 0 Å². The number of nitrogens with zero attached hydrogens (tertiary/aromatic N) is 3. The van der Waals surface area contributed by atoms with E-state index in [-0.39, 0.29) is 50.3 Å². The number of para-hydroxylation sites is 1. The van der Waals surface area contributed by atoms with Crippen LogP contribution in [0.3, 0.4) is 0 Å². The highest BCUT2D eigenvalue weighted by Gasteiger charge is 2.24. The molecule has 1 aliphatic rings. The molecule has 6 rings (SSSR count). The van der Waals surface area contributed by atoms with Crippen LogP contribution in [0, 0.1) is 0 Å². The van der Waals surface area contributed by atoms with Crippen LogP contribution in [0.1, 0.15) is 71.9 Å². The standard InChI is InChI=1S/C28H30N4O5.C10H12N2S.C10H15NO5.C2H7N/c1-31-16-21(13-23(31)18-34)30-28(35)9-6-10-37-27-14-24(20(17-33)12-26(27)36-3)29-15-22-11-19-7-4-5-8-25(19)32(22)2;1-11-8-3-4-9-7(5-8)6-10(12-2)13-9;1-16-9(14)5-3-2-4-8(13)10(15)11-6-7-12;1-2-3/h4-5,7-8,12-18,22H,6,9-11H2,1-3H3,(H,30,35);3-6,11-12H,1-2H3;7H,2-6H2,1H3,(H,11,15);2-3H2,1H3. The van der Waals surface area contributed by atoms with Crippen molar-refractivity contribution in [3.63, 3.8) is 0 Å². The van der Waals surface area contributed by atoms with Gasteiger partial charge in [0.05, 0.1) is 55.5 Å². The Bertz CT molecular complexity index is 2520. The number of nitrogens with two attached hydrogens (primary N) is 1. The summed E-state index contributed by atoms with van der Waals surface area (Å²) in [4.78, 5) is 84.5. The lowest BCUT2D eigenvalue weighted by molar-refractivity contribution is -0.141. The predicted molar refractivity (Wildman–Crippen MR) is 273 cm³/mol. The summed E-state index contributed by atoms with van der Waals surface area (Å²) in [5.74, 6) is -0.986. The number of ketones is 1. The third-order valence-corrected chi connectivity index (χ3v) is 11.4. The highest BCUT2D eigenvalue weighted by atomic mass is 32.1. The smallest absolute Gasteiger partial charge is 0.305 e. The van der Waals surface area contributed by atoms with E-state index in [1.807, 2.05) is 46.4 Å². The summed E-state index contributed by atoms with van der Waals surface area (Å²) in [5.41, 5.74) is 10.4. The Morgan fingerprint density at radius 2 is 1.61 bits per heavy atom. The van der Waals surface area contributed by atoms with E-state index in [1.165, 1.54) is 40.6 Å². The number of methoxy groups -OCH3 is 2. The molecule has 3 aromatic carbocycles. The zero-order chi connectivity index (χ0) is 50.7. The summed E-state index contributed by atoms with van der Waals surface area (Å²) in [5, 5.41) is 13.7. The predicted octanol–water partition coefficient (Wildman–Crippen LogP) is 6.77. The quantitative estimate of drug-likeness (QED) is 0.0168. The first kappa shape index (κ1) is 55.9. The van der Waals surface area contributed by atoms with Crippen molar-refractivity contribution in [2.45, 2.75) is 57.9 Å². The molecule has 18 nitrogen and oxygen atoms in total. The topological polar surface area (TPSA) is 242 Å². The molecule has 370 valence electrons. The van der Waals surface area contributed by atoms with Gasteiger partial charge in [0, 0.05) is 87.6 Å². The Balaban J connectivity index is 0.000000322. The van der Waals surface area contributed by atoms with Crippen LogP contribution in [-0.2, 0) is 42.2 Å². The number of amides is 2. The number of nitrogens with one attached hydrogen (secondary N) is 4. The number of esters is 1. The molecule has 0 saturated carbocycles. The van der Waals surface area contributed by atoms with Gasteiger partial charge in [0.25, 0.3) is 5.91 Å². The average molecular weight is 969 g/mol. The number of fused-ring (bicyclic) bond motifs is 2. The fraction of sp³-hybridized carbons (Fsp3) is 0.360. The van der Waals surface area contributed by atoms with Crippen molar-refractivity contribution in [1.29, 1.82) is 0 Å². The van der Waals surface area contributed by atoms with Crippen LogP contribution in [0.15, 0.2) is 77.9 Å². The second-order valence-corrected chi connectivity index (χ2v) is 16.3. The van der Waals surface area contributed by atoms with Crippen molar-refractivity contribution in [3.8, 4) is 11.5 Å². The molecule has 3 heterocycles. The van der Waals surface area contributed by atoms with Crippen molar-refractivity contribution in [3.05, 3.63) is 89.7 Å². The normalized spacial score (nSPS) is 12.1. The number of rotatable bonds is 21. The minimum absolute atomic E-state index is 0.0711. The number of hydrogen-bond acceptors (Lipinski definition) is 16. The summed E-state index contributed by atoms with van der Waals surface area (Å²) in [7, 11) is 10.4. The van der Waals surface area contributed by atoms with Crippen LogP contribution in [0.5, 0.6) is 11.5 Å². The van der Waals surface area contributed by atoms with E-state index < -0.39 is 11.7 Å². The molecule has 0 bridgehead atoms. The Hall–Kier alpha value is -7.38. The third kappa shape index (κ3) is 18.0. The van der Waals surface area contributed by atoms with Crippen LogP contribution in [0.4, 0.5) is 27.8 Å². The number of Topliss-reactive ketones (excluding diaryl/α,β-unsaturated/α-hetero) is 1. The van der Waals surface area contributed by atoms with Gasteiger partial charge in [0.2, 0.25) is 11.7 Å². The van der Waals surface area contributed by atoms with E-state index in [0.717, 1.165) is 31.2 Å². The number of carbonyl (C=O) groups excluding carboxylic acids is 7. The number of aromatic nitrogens is 1. The molecule has 1 unspecified atom stereocenters. The summed E-state index contributed by atoms with van der Waals surface area (Å²) < 4.78 is 18.7. The molecule has 0 aliphatic carbocycles. The van der Waals surface area contributed by atoms with Crippen LogP contribution >= 0.6 is 11.3 Å². The van der Waals surface area contributed by atoms with Crippen molar-refractivity contribution in [2.75, 3.05) is 75.9 Å². The van der Waals surface area contributed by atoms with Gasteiger partial charge in [0.15, 0.2) is 24.1 Å². The van der Waals surface area contributed by atoms with E-state index in [9.17, 15) is 33.6 Å². The number of aliphatic imine (C=N–C) groups is 1. The largest absolute Gasteiger partial charge is 0.493 e. The number of carbonyl (C=O) groups is 7. The fourth-order valence-corrected chi connectivity index (χ4v) is 7.56. The Morgan fingerprint density at radius 1 is 0.870 bits per heavy atom. The molecule has 19 heteroatoms. The first-order valence-corrected chi connectivity index (χ1v) is 23.1. The zero-order valence-electron chi connectivity index (χ0n) is 40.3. The lowest BCUT2D eigenvalue weighted by Crippen LogP contribution is -2.32. The monoisotopic (exact) mass is 968 g/mol.